The molecule has 2 aromatic rings. The van der Waals surface area contributed by atoms with Gasteiger partial charge in [-0.05, 0) is 42.5 Å². The summed E-state index contributed by atoms with van der Waals surface area (Å²) in [6.45, 7) is 0. The Morgan fingerprint density at radius 2 is 1.65 bits per heavy atom. The second-order valence-corrected chi connectivity index (χ2v) is 6.38. The van der Waals surface area contributed by atoms with Crippen LogP contribution in [0.2, 0.25) is 5.02 Å². The van der Waals surface area contributed by atoms with Crippen molar-refractivity contribution in [3.8, 4) is 0 Å². The molecule has 1 amide bonds. The minimum atomic E-state index is -3.89. The molecule has 2 rings (SSSR count). The number of primary amides is 1. The third-order valence-corrected chi connectivity index (χ3v) is 4.56. The summed E-state index contributed by atoms with van der Waals surface area (Å²) < 4.78 is 37.5. The maximum atomic E-state index is 12.8. The summed E-state index contributed by atoms with van der Waals surface area (Å²) in [6.07, 6.45) is 0. The van der Waals surface area contributed by atoms with Crippen molar-refractivity contribution in [2.24, 2.45) is 5.73 Å². The highest BCUT2D eigenvalue weighted by Gasteiger charge is 2.20. The van der Waals surface area contributed by atoms with Crippen LogP contribution >= 0.6 is 11.6 Å². The molecule has 4 nitrogen and oxygen atoms in total. The molecule has 0 fully saturated rings. The Labute approximate surface area is 119 Å². The number of amides is 1. The van der Waals surface area contributed by atoms with E-state index in [4.69, 9.17) is 17.3 Å². The summed E-state index contributed by atoms with van der Waals surface area (Å²) in [7, 11) is -3.89. The Balaban J connectivity index is 2.60. The van der Waals surface area contributed by atoms with Crippen molar-refractivity contribution in [2.45, 2.75) is 9.79 Å². The number of rotatable bonds is 3. The van der Waals surface area contributed by atoms with Crippen LogP contribution in [-0.4, -0.2) is 14.3 Å². The number of carbonyl (C=O) groups is 1. The molecule has 104 valence electrons. The number of hydrogen-bond donors (Lipinski definition) is 1. The Hall–Kier alpha value is -1.92. The van der Waals surface area contributed by atoms with Gasteiger partial charge in [-0.25, -0.2) is 12.8 Å². The zero-order valence-corrected chi connectivity index (χ0v) is 11.6. The van der Waals surface area contributed by atoms with Gasteiger partial charge >= 0.3 is 0 Å². The highest BCUT2D eigenvalue weighted by molar-refractivity contribution is 7.91. The molecule has 0 aliphatic heterocycles. The first-order valence-corrected chi connectivity index (χ1v) is 7.28. The van der Waals surface area contributed by atoms with Crippen LogP contribution < -0.4 is 5.73 Å². The molecule has 0 saturated carbocycles. The van der Waals surface area contributed by atoms with Crippen molar-refractivity contribution in [1.82, 2.24) is 0 Å². The van der Waals surface area contributed by atoms with E-state index in [1.54, 1.807) is 0 Å². The molecule has 7 heteroatoms. The zero-order valence-electron chi connectivity index (χ0n) is 10.0. The number of benzene rings is 2. The van der Waals surface area contributed by atoms with E-state index in [1.807, 2.05) is 0 Å². The van der Waals surface area contributed by atoms with Crippen LogP contribution in [0.25, 0.3) is 0 Å². The molecule has 2 aromatic carbocycles. The van der Waals surface area contributed by atoms with Crippen molar-refractivity contribution >= 4 is 27.3 Å². The quantitative estimate of drug-likeness (QED) is 0.884. The van der Waals surface area contributed by atoms with Crippen molar-refractivity contribution in [3.05, 3.63) is 58.9 Å². The van der Waals surface area contributed by atoms with E-state index in [-0.39, 0.29) is 20.4 Å². The van der Waals surface area contributed by atoms with Crippen molar-refractivity contribution < 1.29 is 17.6 Å². The first kappa shape index (κ1) is 14.5. The Morgan fingerprint density at radius 3 is 2.20 bits per heavy atom. The van der Waals surface area contributed by atoms with Crippen LogP contribution in [0.15, 0.2) is 52.3 Å². The zero-order chi connectivity index (χ0) is 14.9. The van der Waals surface area contributed by atoms with Gasteiger partial charge < -0.3 is 5.73 Å². The van der Waals surface area contributed by atoms with E-state index in [0.717, 1.165) is 30.3 Å². The van der Waals surface area contributed by atoms with Gasteiger partial charge in [-0.3, -0.25) is 4.79 Å². The SMILES string of the molecule is NC(=O)c1cc(Cl)cc(S(=O)(=O)c2ccc(F)cc2)c1. The molecule has 0 aliphatic rings. The average molecular weight is 314 g/mol. The molecule has 0 unspecified atom stereocenters. The van der Waals surface area contributed by atoms with E-state index in [9.17, 15) is 17.6 Å². The largest absolute Gasteiger partial charge is 0.366 e. The van der Waals surface area contributed by atoms with Gasteiger partial charge in [0.05, 0.1) is 9.79 Å². The van der Waals surface area contributed by atoms with Crippen LogP contribution in [0.4, 0.5) is 4.39 Å². The van der Waals surface area contributed by atoms with Gasteiger partial charge in [0.15, 0.2) is 0 Å². The van der Waals surface area contributed by atoms with Crippen LogP contribution in [0.3, 0.4) is 0 Å². The fraction of sp³-hybridized carbons (Fsp3) is 0. The maximum absolute atomic E-state index is 12.8. The standard InChI is InChI=1S/C13H9ClFNO3S/c14-9-5-8(13(16)17)6-12(7-9)20(18,19)11-3-1-10(15)2-4-11/h1-7H,(H2,16,17). The third kappa shape index (κ3) is 2.81. The van der Waals surface area contributed by atoms with Crippen LogP contribution in [-0.2, 0) is 9.84 Å². The summed E-state index contributed by atoms with van der Waals surface area (Å²) in [5, 5.41) is 0.0713. The monoisotopic (exact) mass is 313 g/mol. The summed E-state index contributed by atoms with van der Waals surface area (Å²) in [4.78, 5) is 10.9. The molecule has 0 radical (unpaired) electrons. The van der Waals surface area contributed by atoms with E-state index in [0.29, 0.717) is 0 Å². The predicted molar refractivity (Wildman–Crippen MR) is 71.8 cm³/mol. The van der Waals surface area contributed by atoms with Crippen LogP contribution in [0, 0.1) is 5.82 Å². The van der Waals surface area contributed by atoms with E-state index in [2.05, 4.69) is 0 Å². The summed E-state index contributed by atoms with van der Waals surface area (Å²) >= 11 is 5.78. The lowest BCUT2D eigenvalue weighted by Crippen LogP contribution is -2.12. The lowest BCUT2D eigenvalue weighted by atomic mass is 10.2. The van der Waals surface area contributed by atoms with Crippen molar-refractivity contribution in [3.63, 3.8) is 0 Å². The summed E-state index contributed by atoms with van der Waals surface area (Å²) in [5.41, 5.74) is 5.10. The predicted octanol–water partition coefficient (Wildman–Crippen LogP) is 2.41. The molecular weight excluding hydrogens is 305 g/mol. The molecule has 0 atom stereocenters. The minimum Gasteiger partial charge on any atom is -0.366 e. The lowest BCUT2D eigenvalue weighted by Gasteiger charge is -2.07. The van der Waals surface area contributed by atoms with Crippen molar-refractivity contribution in [2.75, 3.05) is 0 Å². The number of carbonyl (C=O) groups excluding carboxylic acids is 1. The fourth-order valence-corrected chi connectivity index (χ4v) is 3.24. The first-order chi connectivity index (χ1) is 9.30. The van der Waals surface area contributed by atoms with Crippen LogP contribution in [0.1, 0.15) is 10.4 Å². The van der Waals surface area contributed by atoms with Gasteiger partial charge in [0, 0.05) is 10.6 Å². The highest BCUT2D eigenvalue weighted by Crippen LogP contribution is 2.25. The topological polar surface area (TPSA) is 77.2 Å². The third-order valence-electron chi connectivity index (χ3n) is 2.59. The van der Waals surface area contributed by atoms with E-state index >= 15 is 0 Å². The molecular formula is C13H9ClFNO3S. The van der Waals surface area contributed by atoms with Gasteiger partial charge in [-0.15, -0.1) is 0 Å². The summed E-state index contributed by atoms with van der Waals surface area (Å²) in [5.74, 6) is -1.34. The molecule has 0 aliphatic carbocycles. The van der Waals surface area contributed by atoms with Gasteiger partial charge in [0.25, 0.3) is 0 Å². The van der Waals surface area contributed by atoms with E-state index < -0.39 is 21.6 Å². The number of sulfone groups is 1. The van der Waals surface area contributed by atoms with Crippen LogP contribution in [0.5, 0.6) is 0 Å². The Bertz CT molecular complexity index is 773. The van der Waals surface area contributed by atoms with E-state index in [1.165, 1.54) is 12.1 Å². The van der Waals surface area contributed by atoms with Gasteiger partial charge in [0.1, 0.15) is 5.82 Å². The van der Waals surface area contributed by atoms with Gasteiger partial charge in [-0.2, -0.15) is 0 Å². The summed E-state index contributed by atoms with van der Waals surface area (Å²) in [6, 6.07) is 7.94. The Morgan fingerprint density at radius 1 is 1.05 bits per heavy atom. The first-order valence-electron chi connectivity index (χ1n) is 5.42. The molecule has 2 N–H and O–H groups in total. The fourth-order valence-electron chi connectivity index (χ4n) is 1.61. The Kier molecular flexibility index (Phi) is 3.78. The molecule has 0 saturated heterocycles. The molecule has 0 aromatic heterocycles. The van der Waals surface area contributed by atoms with Gasteiger partial charge in [-0.1, -0.05) is 11.6 Å². The smallest absolute Gasteiger partial charge is 0.248 e. The number of nitrogens with two attached hydrogens (primary N) is 1. The number of hydrogen-bond acceptors (Lipinski definition) is 3. The number of halogens is 2. The molecule has 20 heavy (non-hydrogen) atoms. The highest BCUT2D eigenvalue weighted by atomic mass is 35.5. The van der Waals surface area contributed by atoms with Gasteiger partial charge in [0.2, 0.25) is 15.7 Å². The average Bonchev–Trinajstić information content (AvgIpc) is 2.38. The maximum Gasteiger partial charge on any atom is 0.248 e. The molecule has 0 spiro atoms. The van der Waals surface area contributed by atoms with Crippen molar-refractivity contribution in [1.29, 1.82) is 0 Å². The lowest BCUT2D eigenvalue weighted by molar-refractivity contribution is 0.1000. The normalized spacial score (nSPS) is 11.3. The minimum absolute atomic E-state index is 0.0156. The second kappa shape index (κ2) is 5.22. The second-order valence-electron chi connectivity index (χ2n) is 4.00. The molecule has 0 bridgehead atoms. The molecule has 0 heterocycles.